The van der Waals surface area contributed by atoms with Crippen molar-refractivity contribution in [2.75, 3.05) is 32.7 Å². The van der Waals surface area contributed by atoms with E-state index >= 15 is 4.39 Å². The molecule has 0 aliphatic carbocycles. The van der Waals surface area contributed by atoms with E-state index in [-0.39, 0.29) is 34.2 Å². The molecule has 188 valence electrons. The highest BCUT2D eigenvalue weighted by atomic mass is 19.1. The van der Waals surface area contributed by atoms with Gasteiger partial charge in [-0.3, -0.25) is 14.8 Å². The summed E-state index contributed by atoms with van der Waals surface area (Å²) >= 11 is 0. The van der Waals surface area contributed by atoms with E-state index in [1.807, 2.05) is 30.3 Å². The third-order valence-corrected chi connectivity index (χ3v) is 6.47. The Morgan fingerprint density at radius 1 is 1.14 bits per heavy atom. The van der Waals surface area contributed by atoms with Crippen LogP contribution in [0.5, 0.6) is 11.5 Å². The third-order valence-electron chi connectivity index (χ3n) is 6.47. The molecule has 0 saturated carbocycles. The van der Waals surface area contributed by atoms with E-state index in [9.17, 15) is 9.18 Å². The molecule has 0 saturated heterocycles. The second-order valence-corrected chi connectivity index (χ2v) is 8.91. The van der Waals surface area contributed by atoms with Gasteiger partial charge in [0, 0.05) is 43.4 Å². The Balaban J connectivity index is 1.59. The van der Waals surface area contributed by atoms with Crippen molar-refractivity contribution in [1.82, 2.24) is 9.97 Å². The van der Waals surface area contributed by atoms with Gasteiger partial charge >= 0.3 is 0 Å². The maximum Gasteiger partial charge on any atom is 0.189 e. The highest BCUT2D eigenvalue weighted by molar-refractivity contribution is 6.14. The van der Waals surface area contributed by atoms with Crippen molar-refractivity contribution < 1.29 is 23.0 Å². The first-order valence-electron chi connectivity index (χ1n) is 11.8. The molecular formula is C29H25F2N3O3. The molecule has 2 aromatic heterocycles. The SMILES string of the molecule is COc1ccc(F)c(-c2nccc3c(N(C)C)c(C(=O)/C=C/[C@H]4CCOc5ccccc54)cnc23)c1F. The van der Waals surface area contributed by atoms with Crippen LogP contribution in [-0.2, 0) is 0 Å². The third kappa shape index (κ3) is 4.39. The van der Waals surface area contributed by atoms with Gasteiger partial charge in [0.05, 0.1) is 36.0 Å². The summed E-state index contributed by atoms with van der Waals surface area (Å²) in [5.41, 5.74) is 1.97. The number of benzene rings is 2. The van der Waals surface area contributed by atoms with Gasteiger partial charge in [0.15, 0.2) is 17.3 Å². The summed E-state index contributed by atoms with van der Waals surface area (Å²) in [6.07, 6.45) is 7.11. The molecule has 0 N–H and O–H groups in total. The Kier molecular flexibility index (Phi) is 6.56. The quantitative estimate of drug-likeness (QED) is 0.240. The van der Waals surface area contributed by atoms with Gasteiger partial charge in [-0.25, -0.2) is 8.78 Å². The van der Waals surface area contributed by atoms with Crippen LogP contribution in [0.4, 0.5) is 14.5 Å². The number of ketones is 1. The molecule has 8 heteroatoms. The van der Waals surface area contributed by atoms with Crippen LogP contribution in [-0.4, -0.2) is 43.6 Å². The van der Waals surface area contributed by atoms with E-state index in [0.717, 1.165) is 23.8 Å². The molecule has 0 radical (unpaired) electrons. The van der Waals surface area contributed by atoms with Crippen LogP contribution in [0.25, 0.3) is 22.2 Å². The van der Waals surface area contributed by atoms with Crippen LogP contribution >= 0.6 is 0 Å². The minimum Gasteiger partial charge on any atom is -0.494 e. The molecule has 0 amide bonds. The Hall–Kier alpha value is -4.33. The zero-order valence-electron chi connectivity index (χ0n) is 20.7. The topological polar surface area (TPSA) is 64.5 Å². The minimum absolute atomic E-state index is 0.0304. The lowest BCUT2D eigenvalue weighted by atomic mass is 9.92. The fourth-order valence-corrected chi connectivity index (χ4v) is 4.73. The first-order chi connectivity index (χ1) is 17.9. The predicted molar refractivity (Wildman–Crippen MR) is 139 cm³/mol. The summed E-state index contributed by atoms with van der Waals surface area (Å²) in [4.78, 5) is 23.9. The molecular weight excluding hydrogens is 476 g/mol. The number of methoxy groups -OCH3 is 1. The van der Waals surface area contributed by atoms with Gasteiger partial charge in [0.25, 0.3) is 0 Å². The number of rotatable bonds is 6. The standard InChI is InChI=1S/C29H25F2N3O3/c1-34(2)29-19-12-14-32-28(25-21(30)9-11-24(36-3)26(25)31)27(19)33-16-20(29)22(35)10-8-17-13-15-37-23-7-5-4-6-18(17)23/h4-12,14,16-17H,13,15H2,1-3H3/b10-8+/t17-/m0/s1. The van der Waals surface area contributed by atoms with E-state index in [4.69, 9.17) is 9.47 Å². The summed E-state index contributed by atoms with van der Waals surface area (Å²) in [6, 6.07) is 11.8. The van der Waals surface area contributed by atoms with Crippen molar-refractivity contribution in [3.05, 3.63) is 89.8 Å². The zero-order chi connectivity index (χ0) is 26.1. The lowest BCUT2D eigenvalue weighted by molar-refractivity contribution is 0.104. The summed E-state index contributed by atoms with van der Waals surface area (Å²) < 4.78 is 40.6. The zero-order valence-corrected chi connectivity index (χ0v) is 20.7. The first kappa shape index (κ1) is 24.4. The number of carbonyl (C=O) groups is 1. The van der Waals surface area contributed by atoms with Crippen LogP contribution < -0.4 is 14.4 Å². The van der Waals surface area contributed by atoms with Crippen LogP contribution in [0, 0.1) is 11.6 Å². The van der Waals surface area contributed by atoms with E-state index in [1.54, 1.807) is 31.1 Å². The molecule has 5 rings (SSSR count). The van der Waals surface area contributed by atoms with Crippen molar-refractivity contribution in [1.29, 1.82) is 0 Å². The van der Waals surface area contributed by atoms with E-state index < -0.39 is 11.6 Å². The van der Waals surface area contributed by atoms with E-state index in [2.05, 4.69) is 9.97 Å². The highest BCUT2D eigenvalue weighted by Gasteiger charge is 2.24. The van der Waals surface area contributed by atoms with Crippen molar-refractivity contribution in [3.63, 3.8) is 0 Å². The number of hydrogen-bond acceptors (Lipinski definition) is 6. The molecule has 0 spiro atoms. The van der Waals surface area contributed by atoms with Gasteiger partial charge < -0.3 is 14.4 Å². The molecule has 0 unspecified atom stereocenters. The largest absolute Gasteiger partial charge is 0.494 e. The monoisotopic (exact) mass is 501 g/mol. The number of ether oxygens (including phenoxy) is 2. The average molecular weight is 502 g/mol. The summed E-state index contributed by atoms with van der Waals surface area (Å²) in [6.45, 7) is 0.577. The van der Waals surface area contributed by atoms with Gasteiger partial charge in [-0.05, 0) is 36.8 Å². The summed E-state index contributed by atoms with van der Waals surface area (Å²) in [7, 11) is 4.91. The molecule has 1 atom stereocenters. The molecule has 37 heavy (non-hydrogen) atoms. The highest BCUT2D eigenvalue weighted by Crippen LogP contribution is 2.38. The lowest BCUT2D eigenvalue weighted by Gasteiger charge is -2.23. The molecule has 0 bridgehead atoms. The number of hydrogen-bond donors (Lipinski definition) is 0. The molecule has 0 fully saturated rings. The van der Waals surface area contributed by atoms with Gasteiger partial charge in [-0.2, -0.15) is 0 Å². The number of para-hydroxylation sites is 1. The van der Waals surface area contributed by atoms with Gasteiger partial charge in [0.2, 0.25) is 0 Å². The van der Waals surface area contributed by atoms with Crippen molar-refractivity contribution in [3.8, 4) is 22.8 Å². The molecule has 2 aromatic carbocycles. The number of pyridine rings is 2. The van der Waals surface area contributed by atoms with Gasteiger partial charge in [0.1, 0.15) is 17.3 Å². The van der Waals surface area contributed by atoms with Crippen LogP contribution in [0.1, 0.15) is 28.3 Å². The Labute approximate surface area is 213 Å². The number of fused-ring (bicyclic) bond motifs is 2. The van der Waals surface area contributed by atoms with Crippen molar-refractivity contribution in [2.24, 2.45) is 0 Å². The molecule has 3 heterocycles. The smallest absolute Gasteiger partial charge is 0.189 e. The number of carbonyl (C=O) groups excluding carboxylic acids is 1. The Morgan fingerprint density at radius 3 is 2.73 bits per heavy atom. The average Bonchev–Trinajstić information content (AvgIpc) is 2.91. The number of allylic oxidation sites excluding steroid dienone is 2. The Morgan fingerprint density at radius 2 is 1.95 bits per heavy atom. The minimum atomic E-state index is -0.865. The molecule has 4 aromatic rings. The van der Waals surface area contributed by atoms with Crippen LogP contribution in [0.3, 0.4) is 0 Å². The van der Waals surface area contributed by atoms with Gasteiger partial charge in [-0.15, -0.1) is 0 Å². The second-order valence-electron chi connectivity index (χ2n) is 8.91. The maximum atomic E-state index is 15.1. The Bertz CT molecular complexity index is 1530. The number of nitrogens with zero attached hydrogens (tertiary/aromatic N) is 3. The van der Waals surface area contributed by atoms with Crippen LogP contribution in [0.2, 0.25) is 0 Å². The summed E-state index contributed by atoms with van der Waals surface area (Å²) in [5.74, 6) is -1.09. The second kappa shape index (κ2) is 9.97. The number of anilines is 1. The molecule has 6 nitrogen and oxygen atoms in total. The van der Waals surface area contributed by atoms with Crippen molar-refractivity contribution in [2.45, 2.75) is 12.3 Å². The van der Waals surface area contributed by atoms with E-state index in [1.165, 1.54) is 25.6 Å². The van der Waals surface area contributed by atoms with E-state index in [0.29, 0.717) is 23.2 Å². The fourth-order valence-electron chi connectivity index (χ4n) is 4.73. The first-order valence-corrected chi connectivity index (χ1v) is 11.8. The fraction of sp³-hybridized carbons (Fsp3) is 0.207. The van der Waals surface area contributed by atoms with Crippen LogP contribution in [0.15, 0.2) is 67.0 Å². The molecule has 1 aliphatic heterocycles. The molecule has 1 aliphatic rings. The van der Waals surface area contributed by atoms with Gasteiger partial charge in [-0.1, -0.05) is 24.3 Å². The normalized spacial score (nSPS) is 14.9. The number of halogens is 2. The maximum absolute atomic E-state index is 15.1. The van der Waals surface area contributed by atoms with Crippen molar-refractivity contribution >= 4 is 22.4 Å². The number of aromatic nitrogens is 2. The lowest BCUT2D eigenvalue weighted by Crippen LogP contribution is -2.15. The summed E-state index contributed by atoms with van der Waals surface area (Å²) in [5, 5.41) is 0.548. The predicted octanol–water partition coefficient (Wildman–Crippen LogP) is 5.95.